The van der Waals surface area contributed by atoms with Crippen LogP contribution in [0.2, 0.25) is 0 Å². The molecule has 0 fully saturated rings. The van der Waals surface area contributed by atoms with Crippen LogP contribution in [0.3, 0.4) is 0 Å². The Morgan fingerprint density at radius 2 is 1.82 bits per heavy atom. The first-order chi connectivity index (χ1) is 15.7. The lowest BCUT2D eigenvalue weighted by Crippen LogP contribution is -2.35. The number of aromatic nitrogens is 1. The van der Waals surface area contributed by atoms with Gasteiger partial charge in [-0.15, -0.1) is 0 Å². The van der Waals surface area contributed by atoms with Crippen LogP contribution >= 0.6 is 0 Å². The zero-order chi connectivity index (χ0) is 23.8. The number of benzene rings is 2. The molecule has 1 aromatic heterocycles. The second kappa shape index (κ2) is 11.1. The summed E-state index contributed by atoms with van der Waals surface area (Å²) in [5.74, 6) is 1.39. The molecule has 6 nitrogen and oxygen atoms in total. The number of carbonyl (C=O) groups excluding carboxylic acids is 2. The topological polar surface area (TPSA) is 81.4 Å². The number of ether oxygens (including phenoxy) is 1. The third-order valence-corrected chi connectivity index (χ3v) is 5.39. The van der Waals surface area contributed by atoms with Crippen molar-refractivity contribution in [3.05, 3.63) is 54.6 Å². The third-order valence-electron chi connectivity index (χ3n) is 5.39. The van der Waals surface area contributed by atoms with E-state index >= 15 is 0 Å². The lowest BCUT2D eigenvalue weighted by molar-refractivity contribution is -0.118. The number of Topliss-reactive ketones (excluding diaryl/α,β-unsaturated/α-hetero) is 1. The van der Waals surface area contributed by atoms with Crippen LogP contribution in [-0.4, -0.2) is 22.5 Å². The number of alkyl carbamates (subject to hydrolysis) is 1. The molecule has 1 N–H and O–H groups in total. The molecule has 2 aromatic carbocycles. The number of amides is 1. The highest BCUT2D eigenvalue weighted by atomic mass is 16.6. The van der Waals surface area contributed by atoms with Gasteiger partial charge in [0, 0.05) is 18.4 Å². The first-order valence-corrected chi connectivity index (χ1v) is 11.7. The number of hydrogen-bond donors (Lipinski definition) is 1. The van der Waals surface area contributed by atoms with Crippen molar-refractivity contribution in [3.63, 3.8) is 0 Å². The SMILES string of the molecule is CCC(=O)CCCCC[C@H](NC(=O)OC(C)(C)C)c1ncc(-c2ccc3ccccc3c2)o1. The molecule has 3 rings (SSSR count). The molecule has 0 bridgehead atoms. The molecule has 0 aliphatic rings. The number of hydrogen-bond acceptors (Lipinski definition) is 5. The highest BCUT2D eigenvalue weighted by molar-refractivity contribution is 5.86. The van der Waals surface area contributed by atoms with Crippen molar-refractivity contribution in [3.8, 4) is 11.3 Å². The van der Waals surface area contributed by atoms with Gasteiger partial charge in [-0.25, -0.2) is 9.78 Å². The molecule has 1 atom stereocenters. The molecule has 0 aliphatic carbocycles. The number of oxazole rings is 1. The first-order valence-electron chi connectivity index (χ1n) is 11.7. The molecule has 3 aromatic rings. The summed E-state index contributed by atoms with van der Waals surface area (Å²) in [5.41, 5.74) is 0.337. The number of unbranched alkanes of at least 4 members (excludes halogenated alkanes) is 2. The second-order valence-corrected chi connectivity index (χ2v) is 9.32. The summed E-state index contributed by atoms with van der Waals surface area (Å²) >= 11 is 0. The zero-order valence-corrected chi connectivity index (χ0v) is 20.0. The molecule has 6 heteroatoms. The maximum atomic E-state index is 12.4. The molecule has 0 aliphatic heterocycles. The van der Waals surface area contributed by atoms with Crippen LogP contribution in [0, 0.1) is 0 Å². The highest BCUT2D eigenvalue weighted by Crippen LogP contribution is 2.28. The Balaban J connectivity index is 1.72. The normalized spacial score (nSPS) is 12.5. The van der Waals surface area contributed by atoms with Crippen molar-refractivity contribution in [2.75, 3.05) is 0 Å². The Labute approximate surface area is 195 Å². The van der Waals surface area contributed by atoms with E-state index in [1.54, 1.807) is 6.20 Å². The van der Waals surface area contributed by atoms with Crippen molar-refractivity contribution >= 4 is 22.6 Å². The summed E-state index contributed by atoms with van der Waals surface area (Å²) < 4.78 is 11.5. The van der Waals surface area contributed by atoms with Gasteiger partial charge < -0.3 is 14.5 Å². The summed E-state index contributed by atoms with van der Waals surface area (Å²) in [6, 6.07) is 13.9. The fourth-order valence-electron chi connectivity index (χ4n) is 3.66. The van der Waals surface area contributed by atoms with Crippen LogP contribution in [0.1, 0.15) is 78.2 Å². The van der Waals surface area contributed by atoms with Crippen LogP contribution < -0.4 is 5.32 Å². The van der Waals surface area contributed by atoms with E-state index in [0.717, 1.165) is 35.6 Å². The van der Waals surface area contributed by atoms with Gasteiger partial charge in [0.15, 0.2) is 5.76 Å². The van der Waals surface area contributed by atoms with Gasteiger partial charge in [0.25, 0.3) is 0 Å². The minimum atomic E-state index is -0.595. The Morgan fingerprint density at radius 3 is 2.55 bits per heavy atom. The predicted octanol–water partition coefficient (Wildman–Crippen LogP) is 6.99. The maximum absolute atomic E-state index is 12.4. The molecular weight excluding hydrogens is 416 g/mol. The van der Waals surface area contributed by atoms with Gasteiger partial charge in [-0.2, -0.15) is 0 Å². The number of nitrogens with zero attached hydrogens (tertiary/aromatic N) is 1. The molecule has 0 spiro atoms. The lowest BCUT2D eigenvalue weighted by Gasteiger charge is -2.22. The summed E-state index contributed by atoms with van der Waals surface area (Å²) in [5, 5.41) is 5.19. The Bertz CT molecular complexity index is 1080. The van der Waals surface area contributed by atoms with Gasteiger partial charge in [0.2, 0.25) is 5.89 Å². The van der Waals surface area contributed by atoms with E-state index in [0.29, 0.717) is 30.9 Å². The standard InChI is InChI=1S/C27H34N2O4/c1-5-22(30)13-7-6-8-14-23(29-26(31)33-27(2,3)4)25-28-18-24(32-25)21-16-15-19-11-9-10-12-20(19)17-21/h9-12,15-18,23H,5-8,13-14H2,1-4H3,(H,29,31)/t23-/m0/s1. The van der Waals surface area contributed by atoms with E-state index in [1.165, 1.54) is 0 Å². The van der Waals surface area contributed by atoms with E-state index in [-0.39, 0.29) is 5.78 Å². The number of fused-ring (bicyclic) bond motifs is 1. The molecular formula is C27H34N2O4. The number of ketones is 1. The molecule has 0 radical (unpaired) electrons. The van der Waals surface area contributed by atoms with Crippen LogP contribution in [0.25, 0.3) is 22.1 Å². The fraction of sp³-hybridized carbons (Fsp3) is 0.444. The molecule has 1 heterocycles. The Hall–Kier alpha value is -3.15. The average Bonchev–Trinajstić information content (AvgIpc) is 3.26. The first kappa shape index (κ1) is 24.5. The van der Waals surface area contributed by atoms with Crippen LogP contribution in [0.4, 0.5) is 4.79 Å². The molecule has 0 saturated carbocycles. The molecule has 1 amide bonds. The minimum Gasteiger partial charge on any atom is -0.444 e. The number of carbonyl (C=O) groups is 2. The van der Waals surface area contributed by atoms with E-state index in [2.05, 4.69) is 34.6 Å². The van der Waals surface area contributed by atoms with Gasteiger partial charge in [-0.1, -0.05) is 56.2 Å². The van der Waals surface area contributed by atoms with Crippen molar-refractivity contribution in [1.29, 1.82) is 0 Å². The van der Waals surface area contributed by atoms with Gasteiger partial charge >= 0.3 is 6.09 Å². The smallest absolute Gasteiger partial charge is 0.408 e. The van der Waals surface area contributed by atoms with E-state index in [9.17, 15) is 9.59 Å². The van der Waals surface area contributed by atoms with Crippen LogP contribution in [0.5, 0.6) is 0 Å². The van der Waals surface area contributed by atoms with Crippen LogP contribution in [-0.2, 0) is 9.53 Å². The largest absolute Gasteiger partial charge is 0.444 e. The maximum Gasteiger partial charge on any atom is 0.408 e. The highest BCUT2D eigenvalue weighted by Gasteiger charge is 2.24. The third kappa shape index (κ3) is 7.45. The van der Waals surface area contributed by atoms with Crippen LogP contribution in [0.15, 0.2) is 53.1 Å². The quantitative estimate of drug-likeness (QED) is 0.337. The predicted molar refractivity (Wildman–Crippen MR) is 130 cm³/mol. The van der Waals surface area contributed by atoms with Crippen molar-refractivity contribution in [2.24, 2.45) is 0 Å². The van der Waals surface area contributed by atoms with Crippen molar-refractivity contribution in [2.45, 2.75) is 77.9 Å². The summed E-state index contributed by atoms with van der Waals surface area (Å²) in [7, 11) is 0. The van der Waals surface area contributed by atoms with Gasteiger partial charge in [-0.05, 0) is 50.5 Å². The molecule has 0 saturated heterocycles. The minimum absolute atomic E-state index is 0.283. The lowest BCUT2D eigenvalue weighted by atomic mass is 10.1. The summed E-state index contributed by atoms with van der Waals surface area (Å²) in [4.78, 5) is 28.4. The average molecular weight is 451 g/mol. The van der Waals surface area contributed by atoms with Crippen molar-refractivity contribution in [1.82, 2.24) is 10.3 Å². The van der Waals surface area contributed by atoms with E-state index in [1.807, 2.05) is 45.9 Å². The molecule has 33 heavy (non-hydrogen) atoms. The number of rotatable bonds is 10. The monoisotopic (exact) mass is 450 g/mol. The second-order valence-electron chi connectivity index (χ2n) is 9.32. The van der Waals surface area contributed by atoms with E-state index < -0.39 is 17.7 Å². The van der Waals surface area contributed by atoms with Gasteiger partial charge in [-0.3, -0.25) is 4.79 Å². The number of nitrogens with one attached hydrogen (secondary N) is 1. The zero-order valence-electron chi connectivity index (χ0n) is 20.0. The van der Waals surface area contributed by atoms with Gasteiger partial charge in [0.1, 0.15) is 17.4 Å². The van der Waals surface area contributed by atoms with E-state index in [4.69, 9.17) is 9.15 Å². The summed E-state index contributed by atoms with van der Waals surface area (Å²) in [6.45, 7) is 7.37. The summed E-state index contributed by atoms with van der Waals surface area (Å²) in [6.07, 6.45) is 5.61. The van der Waals surface area contributed by atoms with Gasteiger partial charge in [0.05, 0.1) is 6.20 Å². The molecule has 176 valence electrons. The molecule has 0 unspecified atom stereocenters. The Morgan fingerprint density at radius 1 is 1.06 bits per heavy atom. The Kier molecular flexibility index (Phi) is 8.26. The van der Waals surface area contributed by atoms with Crippen molar-refractivity contribution < 1.29 is 18.7 Å². The fourth-order valence-corrected chi connectivity index (χ4v) is 3.66.